The van der Waals surface area contributed by atoms with E-state index in [4.69, 9.17) is 13.9 Å². The Bertz CT molecular complexity index is 1280. The van der Waals surface area contributed by atoms with Crippen LogP contribution in [0.3, 0.4) is 0 Å². The third-order valence-corrected chi connectivity index (χ3v) is 7.33. The molecule has 11 heteroatoms. The summed E-state index contributed by atoms with van der Waals surface area (Å²) in [4.78, 5) is 30.0. The molecule has 1 saturated heterocycles. The number of aromatic amines is 1. The zero-order valence-electron chi connectivity index (χ0n) is 18.2. The molecule has 1 fully saturated rings. The molecule has 1 aromatic carbocycles. The zero-order chi connectivity index (χ0) is 23.4. The topological polar surface area (TPSA) is 122 Å². The van der Waals surface area contributed by atoms with Crippen LogP contribution in [-0.2, 0) is 26.0 Å². The van der Waals surface area contributed by atoms with Gasteiger partial charge < -0.3 is 23.8 Å². The smallest absolute Gasteiger partial charge is 0.255 e. The molecule has 10 nitrogen and oxygen atoms in total. The minimum absolute atomic E-state index is 0.0486. The summed E-state index contributed by atoms with van der Waals surface area (Å²) in [5.41, 5.74) is 0.0197. The van der Waals surface area contributed by atoms with Gasteiger partial charge in [0.05, 0.1) is 43.1 Å². The summed E-state index contributed by atoms with van der Waals surface area (Å²) in [7, 11) is -2.25. The number of hydrogen-bond donors (Lipinski definition) is 1. The number of nitrogens with one attached hydrogen (secondary N) is 1. The molecule has 33 heavy (non-hydrogen) atoms. The van der Waals surface area contributed by atoms with E-state index in [0.717, 1.165) is 0 Å². The van der Waals surface area contributed by atoms with Gasteiger partial charge in [-0.2, -0.15) is 4.31 Å². The molecule has 4 rings (SSSR count). The lowest BCUT2D eigenvalue weighted by Crippen LogP contribution is -2.40. The molecule has 3 aromatic rings. The molecule has 1 amide bonds. The van der Waals surface area contributed by atoms with Crippen LogP contribution in [0.25, 0.3) is 10.9 Å². The van der Waals surface area contributed by atoms with Crippen LogP contribution < -0.4 is 5.56 Å². The number of sulfonamides is 1. The number of morpholine rings is 1. The van der Waals surface area contributed by atoms with Crippen molar-refractivity contribution in [3.8, 4) is 0 Å². The maximum atomic E-state index is 13.5. The first-order valence-corrected chi connectivity index (χ1v) is 11.9. The third kappa shape index (κ3) is 5.01. The number of aromatic nitrogens is 1. The average Bonchev–Trinajstić information content (AvgIpc) is 3.34. The number of furan rings is 1. The van der Waals surface area contributed by atoms with Gasteiger partial charge in [0.1, 0.15) is 5.76 Å². The number of hydrogen-bond acceptors (Lipinski definition) is 7. The standard InChI is InChI=1S/C22H25N3O7S/c1-30-10-6-24(15-16-3-2-9-32-16)22(27)19-14-21(26)23-20-5-4-17(13-18(19)20)33(28,29)25-7-11-31-12-8-25/h2-5,9,13-14H,6-8,10-12,15H2,1H3,(H,23,26). The fraction of sp³-hybridized carbons (Fsp3) is 0.364. The minimum Gasteiger partial charge on any atom is -0.467 e. The van der Waals surface area contributed by atoms with E-state index in [9.17, 15) is 18.0 Å². The Morgan fingerprint density at radius 3 is 2.70 bits per heavy atom. The number of fused-ring (bicyclic) bond motifs is 1. The van der Waals surface area contributed by atoms with Crippen molar-refractivity contribution in [1.82, 2.24) is 14.2 Å². The van der Waals surface area contributed by atoms with Gasteiger partial charge in [-0.3, -0.25) is 9.59 Å². The number of carbonyl (C=O) groups is 1. The Morgan fingerprint density at radius 1 is 1.21 bits per heavy atom. The number of H-pyrrole nitrogens is 1. The molecule has 0 aliphatic carbocycles. The van der Waals surface area contributed by atoms with Crippen molar-refractivity contribution in [3.05, 3.63) is 64.3 Å². The number of carbonyl (C=O) groups excluding carboxylic acids is 1. The number of rotatable bonds is 8. The van der Waals surface area contributed by atoms with E-state index in [0.29, 0.717) is 29.9 Å². The lowest BCUT2D eigenvalue weighted by molar-refractivity contribution is 0.0668. The number of pyridine rings is 1. The average molecular weight is 476 g/mol. The molecule has 0 spiro atoms. The third-order valence-electron chi connectivity index (χ3n) is 5.43. The van der Waals surface area contributed by atoms with Gasteiger partial charge in [-0.15, -0.1) is 0 Å². The van der Waals surface area contributed by atoms with Crippen LogP contribution in [0.1, 0.15) is 16.1 Å². The molecular weight excluding hydrogens is 450 g/mol. The van der Waals surface area contributed by atoms with Crippen LogP contribution in [-0.4, -0.2) is 75.1 Å². The molecule has 0 atom stereocenters. The monoisotopic (exact) mass is 475 g/mol. The lowest BCUT2D eigenvalue weighted by Gasteiger charge is -2.26. The van der Waals surface area contributed by atoms with Crippen LogP contribution in [0.15, 0.2) is 56.8 Å². The Balaban J connectivity index is 1.76. The summed E-state index contributed by atoms with van der Waals surface area (Å²) in [6.45, 7) is 1.88. The van der Waals surface area contributed by atoms with E-state index >= 15 is 0 Å². The van der Waals surface area contributed by atoms with E-state index in [1.807, 2.05) is 0 Å². The van der Waals surface area contributed by atoms with Gasteiger partial charge in [0.2, 0.25) is 15.6 Å². The van der Waals surface area contributed by atoms with Crippen molar-refractivity contribution in [1.29, 1.82) is 0 Å². The number of benzene rings is 1. The minimum atomic E-state index is -3.78. The first-order chi connectivity index (χ1) is 15.9. The van der Waals surface area contributed by atoms with E-state index in [1.165, 1.54) is 46.8 Å². The highest BCUT2D eigenvalue weighted by Crippen LogP contribution is 2.24. The molecule has 2 aromatic heterocycles. The van der Waals surface area contributed by atoms with Crippen molar-refractivity contribution in [3.63, 3.8) is 0 Å². The fourth-order valence-corrected chi connectivity index (χ4v) is 5.16. The molecule has 1 aliphatic rings. The van der Waals surface area contributed by atoms with Gasteiger partial charge in [-0.05, 0) is 30.3 Å². The number of amides is 1. The molecule has 0 radical (unpaired) electrons. The normalized spacial score (nSPS) is 15.1. The van der Waals surface area contributed by atoms with E-state index in [-0.39, 0.29) is 43.2 Å². The van der Waals surface area contributed by atoms with Gasteiger partial charge >= 0.3 is 0 Å². The second-order valence-corrected chi connectivity index (χ2v) is 9.51. The van der Waals surface area contributed by atoms with Gasteiger partial charge in [-0.1, -0.05) is 0 Å². The van der Waals surface area contributed by atoms with Crippen LogP contribution in [0.4, 0.5) is 0 Å². The van der Waals surface area contributed by atoms with Crippen LogP contribution >= 0.6 is 0 Å². The summed E-state index contributed by atoms with van der Waals surface area (Å²) >= 11 is 0. The highest BCUT2D eigenvalue weighted by molar-refractivity contribution is 7.89. The molecule has 0 unspecified atom stereocenters. The fourth-order valence-electron chi connectivity index (χ4n) is 3.72. The van der Waals surface area contributed by atoms with E-state index in [2.05, 4.69) is 4.98 Å². The Morgan fingerprint density at radius 2 is 2.00 bits per heavy atom. The predicted octanol–water partition coefficient (Wildman–Crippen LogP) is 1.43. The number of nitrogens with zero attached hydrogens (tertiary/aromatic N) is 2. The summed E-state index contributed by atoms with van der Waals surface area (Å²) in [6.07, 6.45) is 1.51. The van der Waals surface area contributed by atoms with Crippen molar-refractivity contribution < 1.29 is 27.1 Å². The molecular formula is C22H25N3O7S. The second kappa shape index (κ2) is 9.87. The molecule has 0 saturated carbocycles. The summed E-state index contributed by atoms with van der Waals surface area (Å²) < 4.78 is 43.4. The summed E-state index contributed by atoms with van der Waals surface area (Å²) in [5.74, 6) is 0.143. The maximum Gasteiger partial charge on any atom is 0.255 e. The number of ether oxygens (including phenoxy) is 2. The second-order valence-electron chi connectivity index (χ2n) is 7.57. The molecule has 0 bridgehead atoms. The first kappa shape index (κ1) is 23.2. The van der Waals surface area contributed by atoms with Crippen molar-refractivity contribution in [2.24, 2.45) is 0 Å². The largest absolute Gasteiger partial charge is 0.467 e. The lowest BCUT2D eigenvalue weighted by atomic mass is 10.1. The van der Waals surface area contributed by atoms with Gasteiger partial charge in [0.25, 0.3) is 5.91 Å². The highest BCUT2D eigenvalue weighted by atomic mass is 32.2. The maximum absolute atomic E-state index is 13.5. The van der Waals surface area contributed by atoms with E-state index < -0.39 is 21.5 Å². The quantitative estimate of drug-likeness (QED) is 0.523. The summed E-state index contributed by atoms with van der Waals surface area (Å²) in [5, 5.41) is 0.343. The van der Waals surface area contributed by atoms with Crippen LogP contribution in [0.5, 0.6) is 0 Å². The van der Waals surface area contributed by atoms with Crippen molar-refractivity contribution >= 4 is 26.8 Å². The first-order valence-electron chi connectivity index (χ1n) is 10.5. The zero-order valence-corrected chi connectivity index (χ0v) is 19.0. The molecule has 1 aliphatic heterocycles. The van der Waals surface area contributed by atoms with Gasteiger partial charge in [0.15, 0.2) is 0 Å². The van der Waals surface area contributed by atoms with Gasteiger partial charge in [0, 0.05) is 43.7 Å². The highest BCUT2D eigenvalue weighted by Gasteiger charge is 2.28. The SMILES string of the molecule is COCCN(Cc1ccco1)C(=O)c1cc(=O)[nH]c2ccc(S(=O)(=O)N3CCOCC3)cc12. The van der Waals surface area contributed by atoms with E-state index in [1.54, 1.807) is 12.1 Å². The van der Waals surface area contributed by atoms with Crippen LogP contribution in [0, 0.1) is 0 Å². The number of methoxy groups -OCH3 is 1. The van der Waals surface area contributed by atoms with Crippen LogP contribution in [0.2, 0.25) is 0 Å². The molecule has 3 heterocycles. The van der Waals surface area contributed by atoms with Gasteiger partial charge in [-0.25, -0.2) is 8.42 Å². The van der Waals surface area contributed by atoms with Crippen molar-refractivity contribution in [2.45, 2.75) is 11.4 Å². The summed E-state index contributed by atoms with van der Waals surface area (Å²) in [6, 6.07) is 9.04. The Kier molecular flexibility index (Phi) is 6.94. The predicted molar refractivity (Wildman–Crippen MR) is 119 cm³/mol. The van der Waals surface area contributed by atoms with Crippen molar-refractivity contribution in [2.75, 3.05) is 46.6 Å². The molecule has 176 valence electrons. The molecule has 1 N–H and O–H groups in total. The Hall–Kier alpha value is -2.99. The Labute approximate surface area is 190 Å².